The van der Waals surface area contributed by atoms with Crippen molar-refractivity contribution >= 4 is 44.3 Å². The van der Waals surface area contributed by atoms with Crippen LogP contribution in [0.1, 0.15) is 0 Å². The molecule has 8 heteroatoms. The van der Waals surface area contributed by atoms with Gasteiger partial charge in [-0.25, -0.2) is 4.98 Å². The molecule has 5 rings (SSSR count). The molecule has 0 spiro atoms. The van der Waals surface area contributed by atoms with Crippen LogP contribution in [0.4, 0.5) is 17.5 Å². The van der Waals surface area contributed by atoms with Crippen LogP contribution in [0.2, 0.25) is 0 Å². The van der Waals surface area contributed by atoms with Crippen molar-refractivity contribution in [1.82, 2.24) is 20.2 Å². The lowest BCUT2D eigenvalue weighted by Crippen LogP contribution is -2.37. The van der Waals surface area contributed by atoms with Crippen LogP contribution in [0, 0.1) is 0 Å². The highest BCUT2D eigenvalue weighted by Gasteiger charge is 2.16. The van der Waals surface area contributed by atoms with Crippen molar-refractivity contribution in [3.63, 3.8) is 0 Å². The third-order valence-corrected chi connectivity index (χ3v) is 5.33. The van der Waals surface area contributed by atoms with Gasteiger partial charge in [-0.15, -0.1) is 0 Å². The predicted octanol–water partition coefficient (Wildman–Crippen LogP) is 4.36. The van der Waals surface area contributed by atoms with Crippen LogP contribution < -0.4 is 10.2 Å². The summed E-state index contributed by atoms with van der Waals surface area (Å²) in [5, 5.41) is 11.5. The van der Waals surface area contributed by atoms with Gasteiger partial charge in [-0.05, 0) is 30.3 Å². The monoisotopic (exact) mass is 450 g/mol. The third-order valence-electron chi connectivity index (χ3n) is 4.84. The number of rotatable bonds is 4. The van der Waals surface area contributed by atoms with E-state index in [9.17, 15) is 0 Å². The molecular formula is C21H19BrN6O. The van der Waals surface area contributed by atoms with Gasteiger partial charge in [-0.3, -0.25) is 5.10 Å². The van der Waals surface area contributed by atoms with E-state index in [0.717, 1.165) is 51.2 Å². The Morgan fingerprint density at radius 3 is 2.79 bits per heavy atom. The molecule has 2 aromatic carbocycles. The quantitative estimate of drug-likeness (QED) is 0.480. The second-order valence-electron chi connectivity index (χ2n) is 6.85. The minimum atomic E-state index is 0.685. The van der Waals surface area contributed by atoms with E-state index in [2.05, 4.69) is 48.5 Å². The average Bonchev–Trinajstić information content (AvgIpc) is 3.22. The SMILES string of the molecule is Brc1cccc(-c2cc(Nc3ccc4[nH]ncc4c3)nc(N3CCOCC3)n2)c1. The first-order chi connectivity index (χ1) is 14.2. The van der Waals surface area contributed by atoms with E-state index >= 15 is 0 Å². The Bertz CT molecular complexity index is 1150. The lowest BCUT2D eigenvalue weighted by molar-refractivity contribution is 0.122. The molecule has 1 fully saturated rings. The summed E-state index contributed by atoms with van der Waals surface area (Å²) in [6.45, 7) is 2.93. The molecule has 1 aliphatic rings. The first-order valence-corrected chi connectivity index (χ1v) is 10.2. The molecular weight excluding hydrogens is 432 g/mol. The highest BCUT2D eigenvalue weighted by molar-refractivity contribution is 9.10. The van der Waals surface area contributed by atoms with Crippen molar-refractivity contribution in [2.75, 3.05) is 36.5 Å². The molecule has 0 unspecified atom stereocenters. The fourth-order valence-electron chi connectivity index (χ4n) is 3.37. The zero-order valence-corrected chi connectivity index (χ0v) is 17.2. The maximum Gasteiger partial charge on any atom is 0.228 e. The molecule has 4 aromatic rings. The van der Waals surface area contributed by atoms with Gasteiger partial charge in [0.15, 0.2) is 0 Å². The molecule has 0 radical (unpaired) electrons. The van der Waals surface area contributed by atoms with Gasteiger partial charge in [0.25, 0.3) is 0 Å². The molecule has 0 amide bonds. The van der Waals surface area contributed by atoms with E-state index in [1.165, 1.54) is 0 Å². The number of halogens is 1. The number of anilines is 3. The van der Waals surface area contributed by atoms with Gasteiger partial charge in [0.05, 0.1) is 30.6 Å². The first kappa shape index (κ1) is 18.1. The normalized spacial score (nSPS) is 14.3. The number of fused-ring (bicyclic) bond motifs is 1. The topological polar surface area (TPSA) is 79.0 Å². The first-order valence-electron chi connectivity index (χ1n) is 9.42. The molecule has 3 heterocycles. The van der Waals surface area contributed by atoms with E-state index in [1.54, 1.807) is 0 Å². The molecule has 1 aliphatic heterocycles. The summed E-state index contributed by atoms with van der Waals surface area (Å²) in [7, 11) is 0. The number of benzene rings is 2. The number of nitrogens with one attached hydrogen (secondary N) is 2. The maximum atomic E-state index is 5.48. The lowest BCUT2D eigenvalue weighted by atomic mass is 10.1. The number of aromatic nitrogens is 4. The van der Waals surface area contributed by atoms with Crippen molar-refractivity contribution in [2.24, 2.45) is 0 Å². The van der Waals surface area contributed by atoms with Gasteiger partial charge in [0.1, 0.15) is 5.82 Å². The van der Waals surface area contributed by atoms with Gasteiger partial charge < -0.3 is 15.0 Å². The van der Waals surface area contributed by atoms with E-state index in [-0.39, 0.29) is 0 Å². The Labute approximate surface area is 176 Å². The third kappa shape index (κ3) is 3.94. The summed E-state index contributed by atoms with van der Waals surface area (Å²) < 4.78 is 6.50. The number of nitrogens with zero attached hydrogens (tertiary/aromatic N) is 4. The molecule has 29 heavy (non-hydrogen) atoms. The molecule has 0 aliphatic carbocycles. The van der Waals surface area contributed by atoms with Crippen LogP contribution in [0.25, 0.3) is 22.2 Å². The highest BCUT2D eigenvalue weighted by atomic mass is 79.9. The van der Waals surface area contributed by atoms with Crippen LogP contribution in [-0.4, -0.2) is 46.5 Å². The summed E-state index contributed by atoms with van der Waals surface area (Å²) in [6, 6.07) is 16.2. The Kier molecular flexibility index (Phi) is 4.87. The van der Waals surface area contributed by atoms with Crippen LogP contribution in [0.15, 0.2) is 59.2 Å². The fourth-order valence-corrected chi connectivity index (χ4v) is 3.77. The maximum absolute atomic E-state index is 5.48. The fraction of sp³-hybridized carbons (Fsp3) is 0.190. The molecule has 1 saturated heterocycles. The van der Waals surface area contributed by atoms with Gasteiger partial charge >= 0.3 is 0 Å². The summed E-state index contributed by atoms with van der Waals surface area (Å²) in [5.41, 5.74) is 3.85. The molecule has 7 nitrogen and oxygen atoms in total. The zero-order valence-electron chi connectivity index (χ0n) is 15.6. The number of hydrogen-bond acceptors (Lipinski definition) is 6. The van der Waals surface area contributed by atoms with E-state index in [0.29, 0.717) is 19.2 Å². The van der Waals surface area contributed by atoms with Gasteiger partial charge in [-0.1, -0.05) is 28.1 Å². The van der Waals surface area contributed by atoms with Crippen LogP contribution >= 0.6 is 15.9 Å². The number of morpholine rings is 1. The smallest absolute Gasteiger partial charge is 0.228 e. The van der Waals surface area contributed by atoms with Crippen molar-refractivity contribution in [2.45, 2.75) is 0 Å². The molecule has 146 valence electrons. The largest absolute Gasteiger partial charge is 0.378 e. The minimum Gasteiger partial charge on any atom is -0.378 e. The van der Waals surface area contributed by atoms with E-state index < -0.39 is 0 Å². The minimum absolute atomic E-state index is 0.685. The number of H-pyrrole nitrogens is 1. The Morgan fingerprint density at radius 1 is 1.03 bits per heavy atom. The second-order valence-corrected chi connectivity index (χ2v) is 7.76. The average molecular weight is 451 g/mol. The highest BCUT2D eigenvalue weighted by Crippen LogP contribution is 2.28. The number of aromatic amines is 1. The summed E-state index contributed by atoms with van der Waals surface area (Å²) >= 11 is 3.55. The molecule has 0 saturated carbocycles. The Hall–Kier alpha value is -2.97. The number of ether oxygens (including phenoxy) is 1. The van der Waals surface area contributed by atoms with Gasteiger partial charge in [0.2, 0.25) is 5.95 Å². The second kappa shape index (κ2) is 7.81. The number of hydrogen-bond donors (Lipinski definition) is 2. The standard InChI is InChI=1S/C21H19BrN6O/c22-16-3-1-2-14(10-16)19-12-20(26-21(25-19)28-6-8-29-9-7-28)24-17-4-5-18-15(11-17)13-23-27-18/h1-5,10-13H,6-9H2,(H,23,27)(H,24,25,26). The molecule has 0 atom stereocenters. The van der Waals surface area contributed by atoms with Crippen molar-refractivity contribution in [3.8, 4) is 11.3 Å². The van der Waals surface area contributed by atoms with Crippen molar-refractivity contribution < 1.29 is 4.74 Å². The van der Waals surface area contributed by atoms with E-state index in [4.69, 9.17) is 14.7 Å². The van der Waals surface area contributed by atoms with Crippen molar-refractivity contribution in [3.05, 3.63) is 59.2 Å². The van der Waals surface area contributed by atoms with Gasteiger partial charge in [-0.2, -0.15) is 10.1 Å². The van der Waals surface area contributed by atoms with Crippen LogP contribution in [0.3, 0.4) is 0 Å². The summed E-state index contributed by atoms with van der Waals surface area (Å²) in [5.74, 6) is 1.46. The van der Waals surface area contributed by atoms with Crippen LogP contribution in [0.5, 0.6) is 0 Å². The molecule has 0 bridgehead atoms. The summed E-state index contributed by atoms with van der Waals surface area (Å²) in [4.78, 5) is 11.8. The van der Waals surface area contributed by atoms with E-state index in [1.807, 2.05) is 42.6 Å². The Morgan fingerprint density at radius 2 is 1.93 bits per heavy atom. The van der Waals surface area contributed by atoms with Crippen LogP contribution in [-0.2, 0) is 4.74 Å². The predicted molar refractivity (Wildman–Crippen MR) is 118 cm³/mol. The molecule has 2 N–H and O–H groups in total. The van der Waals surface area contributed by atoms with Gasteiger partial charge in [0, 0.05) is 40.3 Å². The Balaban J connectivity index is 1.54. The lowest BCUT2D eigenvalue weighted by Gasteiger charge is -2.27. The zero-order chi connectivity index (χ0) is 19.6. The molecule has 2 aromatic heterocycles. The van der Waals surface area contributed by atoms with Crippen molar-refractivity contribution in [1.29, 1.82) is 0 Å². The summed E-state index contributed by atoms with van der Waals surface area (Å²) in [6.07, 6.45) is 1.81.